The van der Waals surface area contributed by atoms with Gasteiger partial charge in [-0.1, -0.05) is 23.5 Å². The molecule has 0 atom stereocenters. The third-order valence-electron chi connectivity index (χ3n) is 2.95. The highest BCUT2D eigenvalue weighted by atomic mass is 32.1. The zero-order valence-corrected chi connectivity index (χ0v) is 12.2. The highest BCUT2D eigenvalue weighted by Gasteiger charge is 2.11. The second-order valence-electron chi connectivity index (χ2n) is 4.59. The van der Waals surface area contributed by atoms with Crippen LogP contribution in [0.25, 0.3) is 4.96 Å². The molecule has 0 bridgehead atoms. The van der Waals surface area contributed by atoms with E-state index >= 15 is 0 Å². The van der Waals surface area contributed by atoms with Crippen molar-refractivity contribution in [3.05, 3.63) is 52.5 Å². The average molecular weight is 304 g/mol. The minimum atomic E-state index is -0.516. The van der Waals surface area contributed by atoms with Crippen LogP contribution in [0.4, 0.5) is 4.39 Å². The van der Waals surface area contributed by atoms with Crippen LogP contribution in [0.3, 0.4) is 0 Å². The molecule has 7 heteroatoms. The second-order valence-corrected chi connectivity index (χ2v) is 5.63. The van der Waals surface area contributed by atoms with Crippen molar-refractivity contribution in [2.24, 2.45) is 0 Å². The molecule has 0 aliphatic carbocycles. The van der Waals surface area contributed by atoms with E-state index in [0.717, 1.165) is 15.7 Å². The standard InChI is InChI=1S/C14H13FN4OS/c1-9-8-19-14(17-9)21-12(18-19)6-7-16-13(20)10-4-2-3-5-11(10)15/h2-5,8H,6-7H2,1H3,(H,16,20). The third-order valence-corrected chi connectivity index (χ3v) is 3.93. The summed E-state index contributed by atoms with van der Waals surface area (Å²) in [6, 6.07) is 5.92. The number of fused-ring (bicyclic) bond motifs is 1. The molecule has 3 rings (SSSR count). The van der Waals surface area contributed by atoms with Crippen LogP contribution in [-0.4, -0.2) is 27.0 Å². The van der Waals surface area contributed by atoms with E-state index in [-0.39, 0.29) is 5.56 Å². The Morgan fingerprint density at radius 3 is 3.00 bits per heavy atom. The number of carbonyl (C=O) groups is 1. The lowest BCUT2D eigenvalue weighted by Crippen LogP contribution is -2.26. The van der Waals surface area contributed by atoms with Gasteiger partial charge in [0.1, 0.15) is 10.8 Å². The van der Waals surface area contributed by atoms with Crippen LogP contribution in [0.1, 0.15) is 21.1 Å². The van der Waals surface area contributed by atoms with Crippen LogP contribution in [0, 0.1) is 12.7 Å². The SMILES string of the molecule is Cc1cn2nc(CCNC(=O)c3ccccc3F)sc2n1. The number of nitrogens with one attached hydrogen (secondary N) is 1. The average Bonchev–Trinajstić information content (AvgIpc) is 2.95. The summed E-state index contributed by atoms with van der Waals surface area (Å²) in [5, 5.41) is 7.94. The number of imidazole rings is 1. The predicted octanol–water partition coefficient (Wildman–Crippen LogP) is 2.21. The van der Waals surface area contributed by atoms with E-state index in [1.54, 1.807) is 16.6 Å². The minimum absolute atomic E-state index is 0.0575. The first-order chi connectivity index (χ1) is 10.1. The molecule has 1 aromatic carbocycles. The molecule has 2 aromatic heterocycles. The Morgan fingerprint density at radius 2 is 2.24 bits per heavy atom. The number of aryl methyl sites for hydroxylation is 1. The molecule has 0 saturated carbocycles. The molecule has 0 saturated heterocycles. The Labute approximate surface area is 124 Å². The van der Waals surface area contributed by atoms with Crippen LogP contribution < -0.4 is 5.32 Å². The number of benzene rings is 1. The summed E-state index contributed by atoms with van der Waals surface area (Å²) in [4.78, 5) is 17.0. The number of hydrogen-bond donors (Lipinski definition) is 1. The summed E-state index contributed by atoms with van der Waals surface area (Å²) in [6.45, 7) is 2.32. The van der Waals surface area contributed by atoms with E-state index in [9.17, 15) is 9.18 Å². The Hall–Kier alpha value is -2.28. The molecule has 2 heterocycles. The van der Waals surface area contributed by atoms with E-state index in [2.05, 4.69) is 15.4 Å². The van der Waals surface area contributed by atoms with Gasteiger partial charge in [-0.3, -0.25) is 4.79 Å². The number of halogens is 1. The lowest BCUT2D eigenvalue weighted by Gasteiger charge is -2.04. The van der Waals surface area contributed by atoms with Crippen molar-refractivity contribution in [1.82, 2.24) is 19.9 Å². The largest absolute Gasteiger partial charge is 0.352 e. The summed E-state index contributed by atoms with van der Waals surface area (Å²) in [5.41, 5.74) is 0.982. The number of amides is 1. The highest BCUT2D eigenvalue weighted by Crippen LogP contribution is 2.14. The van der Waals surface area contributed by atoms with E-state index in [0.29, 0.717) is 13.0 Å². The van der Waals surface area contributed by atoms with Crippen LogP contribution >= 0.6 is 11.3 Å². The molecule has 0 radical (unpaired) electrons. The monoisotopic (exact) mass is 304 g/mol. The van der Waals surface area contributed by atoms with Crippen molar-refractivity contribution < 1.29 is 9.18 Å². The van der Waals surface area contributed by atoms with Gasteiger partial charge < -0.3 is 5.32 Å². The van der Waals surface area contributed by atoms with Crippen LogP contribution in [-0.2, 0) is 6.42 Å². The summed E-state index contributed by atoms with van der Waals surface area (Å²) in [6.07, 6.45) is 2.44. The van der Waals surface area contributed by atoms with Gasteiger partial charge in [-0.2, -0.15) is 5.10 Å². The maximum absolute atomic E-state index is 13.4. The lowest BCUT2D eigenvalue weighted by atomic mass is 10.2. The van der Waals surface area contributed by atoms with Crippen molar-refractivity contribution in [2.75, 3.05) is 6.54 Å². The molecule has 21 heavy (non-hydrogen) atoms. The Morgan fingerprint density at radius 1 is 1.43 bits per heavy atom. The number of carbonyl (C=O) groups excluding carboxylic acids is 1. The van der Waals surface area contributed by atoms with Gasteiger partial charge in [-0.25, -0.2) is 13.9 Å². The molecule has 5 nitrogen and oxygen atoms in total. The zero-order valence-electron chi connectivity index (χ0n) is 11.3. The molecular weight excluding hydrogens is 291 g/mol. The first kappa shape index (κ1) is 13.7. The summed E-state index contributed by atoms with van der Waals surface area (Å²) >= 11 is 1.48. The number of aromatic nitrogens is 3. The van der Waals surface area contributed by atoms with Crippen molar-refractivity contribution in [3.63, 3.8) is 0 Å². The Kier molecular flexibility index (Phi) is 3.66. The third kappa shape index (κ3) is 2.92. The molecule has 0 aliphatic heterocycles. The van der Waals surface area contributed by atoms with Crippen molar-refractivity contribution in [1.29, 1.82) is 0 Å². The molecule has 108 valence electrons. The fourth-order valence-electron chi connectivity index (χ4n) is 1.97. The maximum Gasteiger partial charge on any atom is 0.254 e. The lowest BCUT2D eigenvalue weighted by molar-refractivity contribution is 0.0950. The van der Waals surface area contributed by atoms with E-state index < -0.39 is 11.7 Å². The van der Waals surface area contributed by atoms with Crippen LogP contribution in [0.15, 0.2) is 30.5 Å². The first-order valence-corrected chi connectivity index (χ1v) is 7.29. The Bertz CT molecular complexity index is 764. The minimum Gasteiger partial charge on any atom is -0.352 e. The van der Waals surface area contributed by atoms with Gasteiger partial charge in [-0.15, -0.1) is 0 Å². The van der Waals surface area contributed by atoms with Gasteiger partial charge >= 0.3 is 0 Å². The van der Waals surface area contributed by atoms with Crippen molar-refractivity contribution in [3.8, 4) is 0 Å². The maximum atomic E-state index is 13.4. The van der Waals surface area contributed by atoms with Gasteiger partial charge in [0.15, 0.2) is 0 Å². The molecule has 1 amide bonds. The summed E-state index contributed by atoms with van der Waals surface area (Å²) in [7, 11) is 0. The van der Waals surface area contributed by atoms with E-state index in [1.165, 1.54) is 23.5 Å². The fraction of sp³-hybridized carbons (Fsp3) is 0.214. The fourth-order valence-corrected chi connectivity index (χ4v) is 2.90. The molecule has 0 aliphatic rings. The van der Waals surface area contributed by atoms with Gasteiger partial charge in [0, 0.05) is 13.0 Å². The van der Waals surface area contributed by atoms with Crippen LogP contribution in [0.5, 0.6) is 0 Å². The molecule has 3 aromatic rings. The molecule has 0 unspecified atom stereocenters. The molecule has 0 fully saturated rings. The van der Waals surface area contributed by atoms with Crippen LogP contribution in [0.2, 0.25) is 0 Å². The normalized spacial score (nSPS) is 11.0. The number of nitrogens with zero attached hydrogens (tertiary/aromatic N) is 3. The molecule has 0 spiro atoms. The topological polar surface area (TPSA) is 59.3 Å². The summed E-state index contributed by atoms with van der Waals surface area (Å²) < 4.78 is 15.2. The van der Waals surface area contributed by atoms with Crippen molar-refractivity contribution in [2.45, 2.75) is 13.3 Å². The first-order valence-electron chi connectivity index (χ1n) is 6.48. The number of hydrogen-bond acceptors (Lipinski definition) is 4. The van der Waals surface area contributed by atoms with Crippen molar-refractivity contribution >= 4 is 22.2 Å². The summed E-state index contributed by atoms with van der Waals surface area (Å²) in [5.74, 6) is -0.927. The van der Waals surface area contributed by atoms with Gasteiger partial charge in [0.05, 0.1) is 17.5 Å². The Balaban J connectivity index is 1.59. The molecule has 1 N–H and O–H groups in total. The number of rotatable bonds is 4. The van der Waals surface area contributed by atoms with E-state index in [1.807, 2.05) is 13.1 Å². The smallest absolute Gasteiger partial charge is 0.254 e. The zero-order chi connectivity index (χ0) is 14.8. The molecular formula is C14H13FN4OS. The quantitative estimate of drug-likeness (QED) is 0.804. The highest BCUT2D eigenvalue weighted by molar-refractivity contribution is 7.16. The van der Waals surface area contributed by atoms with E-state index in [4.69, 9.17) is 0 Å². The van der Waals surface area contributed by atoms with Gasteiger partial charge in [0.25, 0.3) is 5.91 Å². The second kappa shape index (κ2) is 5.61. The van der Waals surface area contributed by atoms with Gasteiger partial charge in [-0.05, 0) is 19.1 Å². The predicted molar refractivity (Wildman–Crippen MR) is 78.0 cm³/mol. The van der Waals surface area contributed by atoms with Gasteiger partial charge in [0.2, 0.25) is 4.96 Å².